The molecule has 20 heavy (non-hydrogen) atoms. The van der Waals surface area contributed by atoms with Crippen LogP contribution in [-0.2, 0) is 18.0 Å². The molecule has 0 bridgehead atoms. The average Bonchev–Trinajstić information content (AvgIpc) is 2.46. The Hall–Kier alpha value is -1.79. The summed E-state index contributed by atoms with van der Waals surface area (Å²) in [7, 11) is 0. The number of hydrogen-bond donors (Lipinski definition) is 1. The van der Waals surface area contributed by atoms with Crippen molar-refractivity contribution in [2.24, 2.45) is 5.73 Å². The van der Waals surface area contributed by atoms with Crippen LogP contribution in [0.3, 0.4) is 0 Å². The van der Waals surface area contributed by atoms with Crippen LogP contribution in [0, 0.1) is 11.8 Å². The fourth-order valence-corrected chi connectivity index (χ4v) is 2.02. The summed E-state index contributed by atoms with van der Waals surface area (Å²) in [6.45, 7) is 1.46. The second-order valence-electron chi connectivity index (χ2n) is 4.33. The Bertz CT molecular complexity index is 628. The predicted octanol–water partition coefficient (Wildman–Crippen LogP) is 3.37. The molecule has 2 nitrogen and oxygen atoms in total. The number of nitrogens with two attached hydrogens (primary N) is 1. The highest BCUT2D eigenvalue weighted by molar-refractivity contribution is 6.30. The Kier molecular flexibility index (Phi) is 5.64. The smallest absolute Gasteiger partial charge is 0.0721 e. The van der Waals surface area contributed by atoms with E-state index in [1.807, 2.05) is 48.5 Å². The number of hydrogen-bond acceptors (Lipinski definition) is 2. The molecule has 2 aromatic carbocycles. The largest absolute Gasteiger partial charge is 0.372 e. The zero-order valence-electron chi connectivity index (χ0n) is 11.1. The van der Waals surface area contributed by atoms with Gasteiger partial charge in [0.15, 0.2) is 0 Å². The van der Waals surface area contributed by atoms with Crippen LogP contribution in [0.15, 0.2) is 48.5 Å². The summed E-state index contributed by atoms with van der Waals surface area (Å²) >= 11 is 5.93. The van der Waals surface area contributed by atoms with E-state index in [1.54, 1.807) is 0 Å². The molecule has 0 aliphatic heterocycles. The molecule has 0 aliphatic carbocycles. The molecule has 0 fully saturated rings. The normalized spacial score (nSPS) is 9.90. The van der Waals surface area contributed by atoms with Crippen molar-refractivity contribution in [2.45, 2.75) is 13.2 Å². The summed E-state index contributed by atoms with van der Waals surface area (Å²) in [5, 5.41) is 0.727. The van der Waals surface area contributed by atoms with Crippen LogP contribution in [-0.4, -0.2) is 6.54 Å². The van der Waals surface area contributed by atoms with E-state index in [-0.39, 0.29) is 0 Å². The molecule has 2 rings (SSSR count). The summed E-state index contributed by atoms with van der Waals surface area (Å²) in [5.41, 5.74) is 8.48. The molecular weight excluding hydrogens is 270 g/mol. The maximum Gasteiger partial charge on any atom is 0.0721 e. The van der Waals surface area contributed by atoms with Gasteiger partial charge in [0, 0.05) is 10.6 Å². The highest BCUT2D eigenvalue weighted by atomic mass is 35.5. The number of rotatable bonds is 4. The number of halogens is 1. The molecule has 0 aliphatic rings. The third kappa shape index (κ3) is 4.71. The highest BCUT2D eigenvalue weighted by Crippen LogP contribution is 2.13. The second kappa shape index (κ2) is 7.72. The zero-order valence-corrected chi connectivity index (χ0v) is 11.9. The van der Waals surface area contributed by atoms with E-state index in [0.717, 1.165) is 21.7 Å². The average molecular weight is 286 g/mol. The quantitative estimate of drug-likeness (QED) is 0.874. The Balaban J connectivity index is 1.91. The maximum absolute atomic E-state index is 5.93. The summed E-state index contributed by atoms with van der Waals surface area (Å²) in [4.78, 5) is 0. The number of benzene rings is 2. The molecule has 0 heterocycles. The van der Waals surface area contributed by atoms with Gasteiger partial charge in [0.2, 0.25) is 0 Å². The standard InChI is InChI=1S/C17H16ClNO/c18-17-8-2-6-16(11-17)13-20-12-15-5-1-4-14(10-15)7-3-9-19/h1-2,4-6,8,10-11H,9,12-13,19H2. The second-order valence-corrected chi connectivity index (χ2v) is 4.77. The highest BCUT2D eigenvalue weighted by Gasteiger charge is 1.97. The van der Waals surface area contributed by atoms with Gasteiger partial charge in [-0.3, -0.25) is 0 Å². The van der Waals surface area contributed by atoms with Crippen LogP contribution in [0.2, 0.25) is 5.02 Å². The van der Waals surface area contributed by atoms with Gasteiger partial charge in [-0.2, -0.15) is 0 Å². The molecule has 0 saturated heterocycles. The third-order valence-electron chi connectivity index (χ3n) is 2.69. The first kappa shape index (κ1) is 14.6. The van der Waals surface area contributed by atoms with E-state index >= 15 is 0 Å². The molecule has 0 amide bonds. The van der Waals surface area contributed by atoms with Gasteiger partial charge in [-0.05, 0) is 35.4 Å². The number of ether oxygens (including phenoxy) is 1. The van der Waals surface area contributed by atoms with Crippen molar-refractivity contribution in [3.8, 4) is 11.8 Å². The first-order chi connectivity index (χ1) is 9.78. The zero-order chi connectivity index (χ0) is 14.2. The third-order valence-corrected chi connectivity index (χ3v) is 2.92. The van der Waals surface area contributed by atoms with Gasteiger partial charge in [0.1, 0.15) is 0 Å². The van der Waals surface area contributed by atoms with Crippen molar-refractivity contribution >= 4 is 11.6 Å². The van der Waals surface area contributed by atoms with Crippen molar-refractivity contribution in [1.29, 1.82) is 0 Å². The molecule has 2 aromatic rings. The summed E-state index contributed by atoms with van der Waals surface area (Å²) < 4.78 is 5.69. The van der Waals surface area contributed by atoms with Gasteiger partial charge >= 0.3 is 0 Å². The molecule has 3 heteroatoms. The Morgan fingerprint density at radius 2 is 1.70 bits per heavy atom. The topological polar surface area (TPSA) is 35.2 Å². The van der Waals surface area contributed by atoms with Gasteiger partial charge in [-0.15, -0.1) is 0 Å². The molecule has 0 radical (unpaired) electrons. The predicted molar refractivity (Wildman–Crippen MR) is 82.3 cm³/mol. The first-order valence-electron chi connectivity index (χ1n) is 6.38. The molecule has 0 atom stereocenters. The molecular formula is C17H16ClNO. The molecule has 0 aromatic heterocycles. The molecule has 0 unspecified atom stereocenters. The van der Waals surface area contributed by atoms with E-state index in [9.17, 15) is 0 Å². The summed E-state index contributed by atoms with van der Waals surface area (Å²) in [5.74, 6) is 5.85. The maximum atomic E-state index is 5.93. The lowest BCUT2D eigenvalue weighted by Gasteiger charge is -2.05. The fraction of sp³-hybridized carbons (Fsp3) is 0.176. The van der Waals surface area contributed by atoms with Crippen LogP contribution in [0.1, 0.15) is 16.7 Å². The van der Waals surface area contributed by atoms with Crippen molar-refractivity contribution in [3.63, 3.8) is 0 Å². The van der Waals surface area contributed by atoms with Crippen molar-refractivity contribution in [1.82, 2.24) is 0 Å². The van der Waals surface area contributed by atoms with Crippen LogP contribution in [0.25, 0.3) is 0 Å². The van der Waals surface area contributed by atoms with Crippen molar-refractivity contribution < 1.29 is 4.74 Å². The molecule has 2 N–H and O–H groups in total. The van der Waals surface area contributed by atoms with Gasteiger partial charge in [0.25, 0.3) is 0 Å². The SMILES string of the molecule is NCC#Cc1cccc(COCc2cccc(Cl)c2)c1. The van der Waals surface area contributed by atoms with Crippen LogP contribution in [0.5, 0.6) is 0 Å². The molecule has 102 valence electrons. The van der Waals surface area contributed by atoms with Gasteiger partial charge in [-0.25, -0.2) is 0 Å². The summed E-state index contributed by atoms with van der Waals surface area (Å²) in [6, 6.07) is 15.6. The monoisotopic (exact) mass is 285 g/mol. The van der Waals surface area contributed by atoms with E-state index in [1.165, 1.54) is 0 Å². The minimum absolute atomic E-state index is 0.371. The van der Waals surface area contributed by atoms with E-state index in [4.69, 9.17) is 22.1 Å². The Morgan fingerprint density at radius 1 is 1.00 bits per heavy atom. The molecule has 0 saturated carbocycles. The van der Waals surface area contributed by atoms with Gasteiger partial charge < -0.3 is 10.5 Å². The van der Waals surface area contributed by atoms with Crippen LogP contribution < -0.4 is 5.73 Å². The minimum Gasteiger partial charge on any atom is -0.372 e. The fourth-order valence-electron chi connectivity index (χ4n) is 1.81. The summed E-state index contributed by atoms with van der Waals surface area (Å²) in [6.07, 6.45) is 0. The van der Waals surface area contributed by atoms with Crippen LogP contribution >= 0.6 is 11.6 Å². The lowest BCUT2D eigenvalue weighted by molar-refractivity contribution is 0.107. The van der Waals surface area contributed by atoms with E-state index < -0.39 is 0 Å². The lowest BCUT2D eigenvalue weighted by atomic mass is 10.1. The minimum atomic E-state index is 0.371. The van der Waals surface area contributed by atoms with Crippen molar-refractivity contribution in [2.75, 3.05) is 6.54 Å². The lowest BCUT2D eigenvalue weighted by Crippen LogP contribution is -1.95. The van der Waals surface area contributed by atoms with Gasteiger partial charge in [0.05, 0.1) is 19.8 Å². The van der Waals surface area contributed by atoms with E-state index in [2.05, 4.69) is 11.8 Å². The first-order valence-corrected chi connectivity index (χ1v) is 6.76. The van der Waals surface area contributed by atoms with Crippen molar-refractivity contribution in [3.05, 3.63) is 70.2 Å². The van der Waals surface area contributed by atoms with E-state index in [0.29, 0.717) is 19.8 Å². The molecule has 0 spiro atoms. The Labute approximate surface area is 124 Å². The Morgan fingerprint density at radius 3 is 2.40 bits per heavy atom. The van der Waals surface area contributed by atoms with Crippen LogP contribution in [0.4, 0.5) is 0 Å². The van der Waals surface area contributed by atoms with Gasteiger partial charge in [-0.1, -0.05) is 47.7 Å².